The number of hydrogen-bond acceptors (Lipinski definition) is 9. The average molecular weight is 616 g/mol. The Balaban J connectivity index is 1.06. The van der Waals surface area contributed by atoms with Gasteiger partial charge >= 0.3 is 0 Å². The van der Waals surface area contributed by atoms with Gasteiger partial charge in [0.2, 0.25) is 11.7 Å². The van der Waals surface area contributed by atoms with Gasteiger partial charge in [-0.05, 0) is 94.9 Å². The summed E-state index contributed by atoms with van der Waals surface area (Å²) in [5, 5.41) is 5.51. The number of carbonyl (C=O) groups is 2. The summed E-state index contributed by atoms with van der Waals surface area (Å²) in [4.78, 5) is 38.6. The quantitative estimate of drug-likeness (QED) is 0.321. The zero-order valence-electron chi connectivity index (χ0n) is 26.9. The number of benzene rings is 2. The zero-order valence-corrected chi connectivity index (χ0v) is 26.9. The molecule has 0 aliphatic carbocycles. The Kier molecular flexibility index (Phi) is 10.3. The van der Waals surface area contributed by atoms with Gasteiger partial charge in [0.15, 0.2) is 5.58 Å². The van der Waals surface area contributed by atoms with Crippen molar-refractivity contribution in [2.45, 2.75) is 76.4 Å². The van der Waals surface area contributed by atoms with Crippen LogP contribution in [-0.2, 0) is 4.79 Å². The number of nitrogens with zero attached hydrogens (tertiary/aromatic N) is 5. The lowest BCUT2D eigenvalue weighted by atomic mass is 9.98. The van der Waals surface area contributed by atoms with Gasteiger partial charge in [-0.2, -0.15) is 0 Å². The molecule has 2 aromatic carbocycles. The first-order valence-corrected chi connectivity index (χ1v) is 17.0. The van der Waals surface area contributed by atoms with E-state index in [0.717, 1.165) is 83.5 Å². The number of hydrogen-bond donors (Lipinski definition) is 2. The highest BCUT2D eigenvalue weighted by Gasteiger charge is 2.33. The van der Waals surface area contributed by atoms with Crippen molar-refractivity contribution in [3.05, 3.63) is 54.4 Å². The van der Waals surface area contributed by atoms with Gasteiger partial charge in [0.25, 0.3) is 5.89 Å². The fraction of sp³-hybridized carbons (Fsp3) is 0.571. The van der Waals surface area contributed by atoms with Crippen LogP contribution in [0.15, 0.2) is 52.9 Å². The number of ketones is 1. The molecule has 242 valence electrons. The number of aromatic nitrogens is 1. The van der Waals surface area contributed by atoms with Gasteiger partial charge in [-0.3, -0.25) is 15.0 Å². The van der Waals surface area contributed by atoms with E-state index in [0.29, 0.717) is 23.6 Å². The average Bonchev–Trinajstić information content (AvgIpc) is 3.41. The zero-order chi connectivity index (χ0) is 31.2. The van der Waals surface area contributed by atoms with Crippen LogP contribution in [0.1, 0.15) is 69.0 Å². The van der Waals surface area contributed by atoms with Crippen LogP contribution >= 0.6 is 0 Å². The van der Waals surface area contributed by atoms with Crippen molar-refractivity contribution < 1.29 is 14.0 Å². The van der Waals surface area contributed by atoms with Crippen molar-refractivity contribution in [2.24, 2.45) is 0 Å². The summed E-state index contributed by atoms with van der Waals surface area (Å²) in [5.74, 6) is -0.320. The SMILES string of the molecule is CCCC(NC(=O)C1CCCCN1c1ccc(N2CCC(NN3CCCN(C)CC3)CC2)cc1)C(=O)c1nc2ccccc2o1. The normalized spacial score (nSPS) is 21.5. The van der Waals surface area contributed by atoms with E-state index >= 15 is 0 Å². The molecule has 0 spiro atoms. The molecule has 2 N–H and O–H groups in total. The third kappa shape index (κ3) is 7.68. The summed E-state index contributed by atoms with van der Waals surface area (Å²) >= 11 is 0. The van der Waals surface area contributed by atoms with E-state index in [4.69, 9.17) is 4.42 Å². The molecule has 2 atom stereocenters. The number of piperidine rings is 2. The number of amides is 1. The molecule has 3 aliphatic heterocycles. The molecule has 3 saturated heterocycles. The van der Waals surface area contributed by atoms with E-state index in [2.05, 4.69) is 66.7 Å². The number of Topliss-reactive ketones (excluding diaryl/α,β-unsaturated/α-hetero) is 1. The number of carbonyl (C=O) groups excluding carboxylic acids is 2. The highest BCUT2D eigenvalue weighted by molar-refractivity contribution is 6.00. The number of likely N-dealkylation sites (N-methyl/N-ethyl adjacent to an activating group) is 1. The van der Waals surface area contributed by atoms with Crippen LogP contribution in [0.2, 0.25) is 0 Å². The van der Waals surface area contributed by atoms with Crippen LogP contribution in [0.3, 0.4) is 0 Å². The summed E-state index contributed by atoms with van der Waals surface area (Å²) in [6.45, 7) is 9.40. The Hall–Kier alpha value is -3.47. The molecule has 45 heavy (non-hydrogen) atoms. The van der Waals surface area contributed by atoms with Gasteiger partial charge in [0.05, 0.1) is 6.04 Å². The van der Waals surface area contributed by atoms with Gasteiger partial charge in [0.1, 0.15) is 11.6 Å². The number of nitrogens with one attached hydrogen (secondary N) is 2. The standard InChI is InChI=1S/C35H49N7O3/c1-3-9-30(33(43)35-37-29-10-4-5-12-32(29)45-35)36-34(44)31-11-6-7-21-42(31)28-15-13-27(14-16-28)40-22-17-26(18-23-40)38-41-20-8-19-39(2)24-25-41/h4-5,10,12-16,26,30-31,38H,3,6-9,11,17-25H2,1-2H3,(H,36,44). The van der Waals surface area contributed by atoms with Crippen molar-refractivity contribution in [3.8, 4) is 0 Å². The van der Waals surface area contributed by atoms with Crippen LogP contribution in [0.25, 0.3) is 11.1 Å². The second-order valence-electron chi connectivity index (χ2n) is 13.0. The van der Waals surface area contributed by atoms with Crippen molar-refractivity contribution >= 4 is 34.2 Å². The molecule has 0 saturated carbocycles. The molecule has 3 aromatic rings. The maximum Gasteiger partial charge on any atom is 0.266 e. The van der Waals surface area contributed by atoms with Crippen molar-refractivity contribution in [3.63, 3.8) is 0 Å². The molecule has 1 amide bonds. The van der Waals surface area contributed by atoms with Crippen molar-refractivity contribution in [1.82, 2.24) is 25.6 Å². The first-order chi connectivity index (χ1) is 22.0. The Morgan fingerprint density at radius 1 is 0.889 bits per heavy atom. The summed E-state index contributed by atoms with van der Waals surface area (Å²) in [7, 11) is 2.21. The van der Waals surface area contributed by atoms with Crippen LogP contribution in [0.4, 0.5) is 11.4 Å². The van der Waals surface area contributed by atoms with Gasteiger partial charge < -0.3 is 24.4 Å². The Labute approximate surface area is 267 Å². The van der Waals surface area contributed by atoms with Gasteiger partial charge in [0, 0.05) is 56.7 Å². The van der Waals surface area contributed by atoms with Crippen LogP contribution < -0.4 is 20.5 Å². The Morgan fingerprint density at radius 3 is 2.44 bits per heavy atom. The number of para-hydroxylation sites is 2. The first-order valence-electron chi connectivity index (χ1n) is 17.0. The topological polar surface area (TPSA) is 97.2 Å². The van der Waals surface area contributed by atoms with Gasteiger partial charge in [-0.15, -0.1) is 0 Å². The number of rotatable bonds is 10. The van der Waals surface area contributed by atoms with E-state index in [1.807, 2.05) is 25.1 Å². The van der Waals surface area contributed by atoms with Crippen LogP contribution in [-0.4, -0.2) is 97.6 Å². The van der Waals surface area contributed by atoms with Crippen LogP contribution in [0, 0.1) is 0 Å². The second-order valence-corrected chi connectivity index (χ2v) is 13.0. The summed E-state index contributed by atoms with van der Waals surface area (Å²) in [6.07, 6.45) is 7.55. The second kappa shape index (κ2) is 14.7. The number of anilines is 2. The molecule has 4 heterocycles. The van der Waals surface area contributed by atoms with Crippen molar-refractivity contribution in [2.75, 3.05) is 62.7 Å². The lowest BCUT2D eigenvalue weighted by molar-refractivity contribution is -0.123. The fourth-order valence-electron chi connectivity index (χ4n) is 7.02. The smallest absolute Gasteiger partial charge is 0.266 e. The number of fused-ring (bicyclic) bond motifs is 1. The molecular formula is C35H49N7O3. The monoisotopic (exact) mass is 615 g/mol. The van der Waals surface area contributed by atoms with Crippen molar-refractivity contribution in [1.29, 1.82) is 0 Å². The molecule has 6 rings (SSSR count). The van der Waals surface area contributed by atoms with Gasteiger partial charge in [-0.1, -0.05) is 25.5 Å². The maximum absolute atomic E-state index is 13.7. The molecule has 10 heteroatoms. The third-order valence-electron chi connectivity index (χ3n) is 9.65. The highest BCUT2D eigenvalue weighted by atomic mass is 16.4. The van der Waals surface area contributed by atoms with Gasteiger partial charge in [-0.25, -0.2) is 9.99 Å². The molecule has 3 fully saturated rings. The van der Waals surface area contributed by atoms with E-state index in [1.165, 1.54) is 18.7 Å². The lowest BCUT2D eigenvalue weighted by Gasteiger charge is -2.38. The summed E-state index contributed by atoms with van der Waals surface area (Å²) in [6, 6.07) is 15.6. The molecule has 2 unspecified atom stereocenters. The largest absolute Gasteiger partial charge is 0.434 e. The summed E-state index contributed by atoms with van der Waals surface area (Å²) < 4.78 is 5.75. The third-order valence-corrected chi connectivity index (χ3v) is 9.65. The fourth-order valence-corrected chi connectivity index (χ4v) is 7.02. The molecule has 0 radical (unpaired) electrons. The van der Waals surface area contributed by atoms with E-state index in [1.54, 1.807) is 6.07 Å². The molecule has 0 bridgehead atoms. The minimum atomic E-state index is -0.667. The lowest BCUT2D eigenvalue weighted by Crippen LogP contribution is -2.53. The predicted molar refractivity (Wildman–Crippen MR) is 179 cm³/mol. The molecule has 1 aromatic heterocycles. The Bertz CT molecular complexity index is 1390. The maximum atomic E-state index is 13.7. The van der Waals surface area contributed by atoms with Crippen LogP contribution in [0.5, 0.6) is 0 Å². The minimum Gasteiger partial charge on any atom is -0.434 e. The predicted octanol–water partition coefficient (Wildman–Crippen LogP) is 4.47. The van der Waals surface area contributed by atoms with E-state index < -0.39 is 6.04 Å². The molecule has 3 aliphatic rings. The summed E-state index contributed by atoms with van der Waals surface area (Å²) in [5.41, 5.74) is 7.32. The van der Waals surface area contributed by atoms with E-state index in [9.17, 15) is 9.59 Å². The van der Waals surface area contributed by atoms with E-state index in [-0.39, 0.29) is 23.6 Å². The minimum absolute atomic E-state index is 0.0561. The number of hydrazine groups is 1. The highest BCUT2D eigenvalue weighted by Crippen LogP contribution is 2.29. The molecule has 10 nitrogen and oxygen atoms in total. The Morgan fingerprint density at radius 2 is 1.67 bits per heavy atom. The molecular weight excluding hydrogens is 566 g/mol. The first kappa shape index (κ1) is 31.5. The number of oxazole rings is 1.